The third kappa shape index (κ3) is 1.71. The van der Waals surface area contributed by atoms with Gasteiger partial charge in [0.2, 0.25) is 0 Å². The Labute approximate surface area is 104 Å². The molecule has 0 unspecified atom stereocenters. The molecule has 3 aromatic heterocycles. The highest BCUT2D eigenvalue weighted by molar-refractivity contribution is 5.71. The Kier molecular flexibility index (Phi) is 2.49. The van der Waals surface area contributed by atoms with E-state index in [4.69, 9.17) is 5.73 Å². The van der Waals surface area contributed by atoms with Crippen molar-refractivity contribution < 1.29 is 0 Å². The van der Waals surface area contributed by atoms with Crippen molar-refractivity contribution in [3.8, 4) is 16.9 Å². The van der Waals surface area contributed by atoms with Crippen LogP contribution < -0.4 is 5.73 Å². The fourth-order valence-corrected chi connectivity index (χ4v) is 1.83. The van der Waals surface area contributed by atoms with E-state index in [1.165, 1.54) is 0 Å². The summed E-state index contributed by atoms with van der Waals surface area (Å²) in [7, 11) is 0. The van der Waals surface area contributed by atoms with E-state index in [0.717, 1.165) is 16.9 Å². The molecule has 0 spiro atoms. The van der Waals surface area contributed by atoms with Crippen LogP contribution in [0.25, 0.3) is 16.9 Å². The van der Waals surface area contributed by atoms with E-state index < -0.39 is 0 Å². The maximum Gasteiger partial charge on any atom is 0.132 e. The van der Waals surface area contributed by atoms with E-state index in [1.807, 2.05) is 28.8 Å². The van der Waals surface area contributed by atoms with E-state index in [2.05, 4.69) is 15.0 Å². The van der Waals surface area contributed by atoms with Crippen LogP contribution in [-0.4, -0.2) is 19.5 Å². The van der Waals surface area contributed by atoms with Crippen LogP contribution in [0.4, 0.5) is 5.82 Å². The molecule has 0 atom stereocenters. The minimum Gasteiger partial charge on any atom is -0.383 e. The molecule has 18 heavy (non-hydrogen) atoms. The number of hydrogen-bond acceptors (Lipinski definition) is 4. The summed E-state index contributed by atoms with van der Waals surface area (Å²) in [5.74, 6) is 0.489. The Balaban J connectivity index is 2.16. The van der Waals surface area contributed by atoms with Gasteiger partial charge in [-0.1, -0.05) is 0 Å². The first-order chi connectivity index (χ1) is 8.86. The summed E-state index contributed by atoms with van der Waals surface area (Å²) in [6.45, 7) is 0. The topological polar surface area (TPSA) is 69.6 Å². The van der Waals surface area contributed by atoms with Gasteiger partial charge in [0.15, 0.2) is 0 Å². The average molecular weight is 237 g/mol. The molecule has 2 N–H and O–H groups in total. The predicted molar refractivity (Wildman–Crippen MR) is 69.0 cm³/mol. The maximum atomic E-state index is 5.89. The first kappa shape index (κ1) is 10.5. The number of anilines is 1. The summed E-state index contributed by atoms with van der Waals surface area (Å²) in [4.78, 5) is 12.4. The van der Waals surface area contributed by atoms with Gasteiger partial charge in [-0.3, -0.25) is 9.55 Å². The quantitative estimate of drug-likeness (QED) is 0.739. The van der Waals surface area contributed by atoms with Crippen LogP contribution in [0, 0.1) is 0 Å². The first-order valence-electron chi connectivity index (χ1n) is 5.50. The lowest BCUT2D eigenvalue weighted by Gasteiger charge is -2.08. The lowest BCUT2D eigenvalue weighted by Crippen LogP contribution is -1.99. The van der Waals surface area contributed by atoms with Crippen LogP contribution in [0.5, 0.6) is 0 Å². The molecule has 3 aromatic rings. The van der Waals surface area contributed by atoms with E-state index in [9.17, 15) is 0 Å². The normalized spacial score (nSPS) is 10.4. The Hall–Kier alpha value is -2.69. The van der Waals surface area contributed by atoms with Gasteiger partial charge in [0.25, 0.3) is 0 Å². The minimum atomic E-state index is 0.489. The molecule has 0 saturated carbocycles. The van der Waals surface area contributed by atoms with E-state index in [-0.39, 0.29) is 0 Å². The molecule has 0 fully saturated rings. The molecule has 0 saturated heterocycles. The monoisotopic (exact) mass is 237 g/mol. The Bertz CT molecular complexity index is 660. The SMILES string of the molecule is Nc1ncccc1-c1cncn1-c1cccnc1. The molecule has 3 heterocycles. The predicted octanol–water partition coefficient (Wildman–Crippen LogP) is 1.91. The number of nitrogens with zero attached hydrogens (tertiary/aromatic N) is 4. The molecule has 0 radical (unpaired) electrons. The van der Waals surface area contributed by atoms with Crippen LogP contribution in [0.15, 0.2) is 55.4 Å². The zero-order valence-electron chi connectivity index (χ0n) is 9.56. The Morgan fingerprint density at radius 2 is 1.89 bits per heavy atom. The van der Waals surface area contributed by atoms with Crippen molar-refractivity contribution >= 4 is 5.82 Å². The van der Waals surface area contributed by atoms with Gasteiger partial charge in [-0.15, -0.1) is 0 Å². The highest BCUT2D eigenvalue weighted by Gasteiger charge is 2.09. The molecule has 5 heteroatoms. The molecule has 3 rings (SSSR count). The smallest absolute Gasteiger partial charge is 0.132 e. The number of nitrogens with two attached hydrogens (primary N) is 1. The van der Waals surface area contributed by atoms with Gasteiger partial charge in [0.05, 0.1) is 30.1 Å². The lowest BCUT2D eigenvalue weighted by atomic mass is 10.2. The van der Waals surface area contributed by atoms with Crippen molar-refractivity contribution in [2.75, 3.05) is 5.73 Å². The number of rotatable bonds is 2. The largest absolute Gasteiger partial charge is 0.383 e. The van der Waals surface area contributed by atoms with Gasteiger partial charge in [-0.2, -0.15) is 0 Å². The molecule has 0 aliphatic rings. The fourth-order valence-electron chi connectivity index (χ4n) is 1.83. The minimum absolute atomic E-state index is 0.489. The Morgan fingerprint density at radius 3 is 2.67 bits per heavy atom. The van der Waals surface area contributed by atoms with E-state index >= 15 is 0 Å². The number of hydrogen-bond donors (Lipinski definition) is 1. The highest BCUT2D eigenvalue weighted by Crippen LogP contribution is 2.25. The molecule has 0 amide bonds. The van der Waals surface area contributed by atoms with Crippen molar-refractivity contribution in [3.63, 3.8) is 0 Å². The second kappa shape index (κ2) is 4.29. The standard InChI is InChI=1S/C13H11N5/c14-13-11(4-2-6-17-13)12-8-16-9-18(12)10-3-1-5-15-7-10/h1-9H,(H2,14,17). The molecular weight excluding hydrogens is 226 g/mol. The van der Waals surface area contributed by atoms with Gasteiger partial charge < -0.3 is 5.73 Å². The van der Waals surface area contributed by atoms with E-state index in [0.29, 0.717) is 5.82 Å². The molecule has 0 bridgehead atoms. The van der Waals surface area contributed by atoms with E-state index in [1.54, 1.807) is 31.1 Å². The second-order valence-corrected chi connectivity index (χ2v) is 3.80. The summed E-state index contributed by atoms with van der Waals surface area (Å²) >= 11 is 0. The first-order valence-corrected chi connectivity index (χ1v) is 5.50. The lowest BCUT2D eigenvalue weighted by molar-refractivity contribution is 1.04. The van der Waals surface area contributed by atoms with Crippen molar-refractivity contribution in [3.05, 3.63) is 55.4 Å². The van der Waals surface area contributed by atoms with Gasteiger partial charge in [0, 0.05) is 18.0 Å². The Morgan fingerprint density at radius 1 is 1.00 bits per heavy atom. The number of nitrogen functional groups attached to an aromatic ring is 1. The molecule has 88 valence electrons. The van der Waals surface area contributed by atoms with Crippen LogP contribution in [0.1, 0.15) is 0 Å². The van der Waals surface area contributed by atoms with Crippen molar-refractivity contribution in [2.45, 2.75) is 0 Å². The number of imidazole rings is 1. The van der Waals surface area contributed by atoms with Crippen molar-refractivity contribution in [2.24, 2.45) is 0 Å². The molecule has 0 aliphatic heterocycles. The fraction of sp³-hybridized carbons (Fsp3) is 0. The van der Waals surface area contributed by atoms with Crippen molar-refractivity contribution in [1.82, 2.24) is 19.5 Å². The number of pyridine rings is 2. The summed E-state index contributed by atoms with van der Waals surface area (Å²) in [6.07, 6.45) is 8.68. The van der Waals surface area contributed by atoms with Gasteiger partial charge in [-0.05, 0) is 24.3 Å². The number of aromatic nitrogens is 4. The zero-order valence-corrected chi connectivity index (χ0v) is 9.56. The van der Waals surface area contributed by atoms with Gasteiger partial charge in [-0.25, -0.2) is 9.97 Å². The maximum absolute atomic E-state index is 5.89. The van der Waals surface area contributed by atoms with Crippen molar-refractivity contribution in [1.29, 1.82) is 0 Å². The second-order valence-electron chi connectivity index (χ2n) is 3.80. The summed E-state index contributed by atoms with van der Waals surface area (Å²) in [5.41, 5.74) is 8.59. The zero-order chi connectivity index (χ0) is 12.4. The van der Waals surface area contributed by atoms with Crippen LogP contribution in [0.2, 0.25) is 0 Å². The molecular formula is C13H11N5. The summed E-state index contributed by atoms with van der Waals surface area (Å²) < 4.78 is 1.93. The van der Waals surface area contributed by atoms with Crippen LogP contribution in [0.3, 0.4) is 0 Å². The molecule has 5 nitrogen and oxygen atoms in total. The molecule has 0 aliphatic carbocycles. The molecule has 0 aromatic carbocycles. The van der Waals surface area contributed by atoms with Gasteiger partial charge in [0.1, 0.15) is 5.82 Å². The highest BCUT2D eigenvalue weighted by atomic mass is 15.1. The van der Waals surface area contributed by atoms with Gasteiger partial charge >= 0.3 is 0 Å². The summed E-state index contributed by atoms with van der Waals surface area (Å²) in [6, 6.07) is 7.62. The van der Waals surface area contributed by atoms with Crippen LogP contribution >= 0.6 is 0 Å². The van der Waals surface area contributed by atoms with Crippen LogP contribution in [-0.2, 0) is 0 Å². The summed E-state index contributed by atoms with van der Waals surface area (Å²) in [5, 5.41) is 0. The average Bonchev–Trinajstić information content (AvgIpc) is 2.89. The third-order valence-corrected chi connectivity index (χ3v) is 2.68. The third-order valence-electron chi connectivity index (χ3n) is 2.68.